The molecule has 0 aromatic heterocycles. The maximum Gasteiger partial charge on any atom is 0.240 e. The van der Waals surface area contributed by atoms with Gasteiger partial charge in [-0.1, -0.05) is 38.5 Å². The molecular formula is C26H34N4O6. The molecule has 0 radical (unpaired) electrons. The lowest BCUT2D eigenvalue weighted by Crippen LogP contribution is -2.16. The average molecular weight is 499 g/mol. The molecule has 2 rings (SSSR count). The summed E-state index contributed by atoms with van der Waals surface area (Å²) in [6, 6.07) is 8.24. The number of aromatic hydroxyl groups is 4. The third-order valence-corrected chi connectivity index (χ3v) is 5.37. The fourth-order valence-electron chi connectivity index (χ4n) is 3.37. The SMILES string of the molecule is O=C(CCCCCCCCCCC(=O)N/N=C\c1ccc(O)cc1O)N/N=C\c1ccc(O)cc1O. The molecule has 10 nitrogen and oxygen atoms in total. The summed E-state index contributed by atoms with van der Waals surface area (Å²) in [4.78, 5) is 23.6. The zero-order chi connectivity index (χ0) is 26.2. The van der Waals surface area contributed by atoms with E-state index < -0.39 is 0 Å². The Morgan fingerprint density at radius 1 is 0.611 bits per heavy atom. The van der Waals surface area contributed by atoms with Gasteiger partial charge in [0.15, 0.2) is 0 Å². The molecule has 0 aliphatic carbocycles. The van der Waals surface area contributed by atoms with Crippen molar-refractivity contribution in [2.24, 2.45) is 10.2 Å². The van der Waals surface area contributed by atoms with Crippen LogP contribution in [0.15, 0.2) is 46.6 Å². The van der Waals surface area contributed by atoms with E-state index >= 15 is 0 Å². The van der Waals surface area contributed by atoms with Gasteiger partial charge in [-0.3, -0.25) is 9.59 Å². The standard InChI is InChI=1S/C26H34N4O6/c31-21-13-11-19(23(33)15-21)17-27-29-25(35)9-7-5-3-1-2-4-6-8-10-26(36)30-28-18-20-12-14-22(32)16-24(20)34/h11-18,31-34H,1-10H2,(H,29,35)(H,30,36)/b27-17-,28-18-. The van der Waals surface area contributed by atoms with Crippen molar-refractivity contribution < 1.29 is 30.0 Å². The molecule has 10 heteroatoms. The van der Waals surface area contributed by atoms with Crippen LogP contribution in [0.5, 0.6) is 23.0 Å². The van der Waals surface area contributed by atoms with Crippen LogP contribution in [-0.2, 0) is 9.59 Å². The number of unbranched alkanes of at least 4 members (excludes halogenated alkanes) is 7. The lowest BCUT2D eigenvalue weighted by Gasteiger charge is -2.03. The molecule has 0 unspecified atom stereocenters. The normalized spacial score (nSPS) is 11.2. The number of hydrazone groups is 2. The minimum Gasteiger partial charge on any atom is -0.508 e. The zero-order valence-corrected chi connectivity index (χ0v) is 20.2. The van der Waals surface area contributed by atoms with Crippen molar-refractivity contribution in [3.8, 4) is 23.0 Å². The number of carbonyl (C=O) groups is 2. The summed E-state index contributed by atoms with van der Waals surface area (Å²) in [5, 5.41) is 45.4. The molecule has 0 bridgehead atoms. The van der Waals surface area contributed by atoms with Crippen molar-refractivity contribution >= 4 is 24.2 Å². The van der Waals surface area contributed by atoms with Crippen LogP contribution < -0.4 is 10.9 Å². The van der Waals surface area contributed by atoms with Crippen molar-refractivity contribution in [2.75, 3.05) is 0 Å². The van der Waals surface area contributed by atoms with Gasteiger partial charge in [0.05, 0.1) is 12.4 Å². The number of phenols is 4. The summed E-state index contributed by atoms with van der Waals surface area (Å²) in [5.74, 6) is -0.704. The molecule has 0 aliphatic heterocycles. The summed E-state index contributed by atoms with van der Waals surface area (Å²) in [6.45, 7) is 0. The quantitative estimate of drug-likeness (QED) is 0.123. The topological polar surface area (TPSA) is 164 Å². The Balaban J connectivity index is 1.43. The van der Waals surface area contributed by atoms with E-state index in [-0.39, 0.29) is 34.8 Å². The molecule has 6 N–H and O–H groups in total. The molecule has 0 saturated heterocycles. The molecule has 0 saturated carbocycles. The first-order valence-corrected chi connectivity index (χ1v) is 12.0. The van der Waals surface area contributed by atoms with Gasteiger partial charge >= 0.3 is 0 Å². The fourth-order valence-corrected chi connectivity index (χ4v) is 3.37. The summed E-state index contributed by atoms with van der Waals surface area (Å²) >= 11 is 0. The Morgan fingerprint density at radius 2 is 0.972 bits per heavy atom. The van der Waals surface area contributed by atoms with E-state index in [4.69, 9.17) is 0 Å². The monoisotopic (exact) mass is 498 g/mol. The molecule has 0 spiro atoms. The first-order valence-electron chi connectivity index (χ1n) is 12.0. The summed E-state index contributed by atoms with van der Waals surface area (Å²) in [5.41, 5.74) is 5.65. The van der Waals surface area contributed by atoms with Crippen LogP contribution >= 0.6 is 0 Å². The van der Waals surface area contributed by atoms with Gasteiger partial charge in [0.2, 0.25) is 11.8 Å². The van der Waals surface area contributed by atoms with Crippen molar-refractivity contribution in [1.82, 2.24) is 10.9 Å². The van der Waals surface area contributed by atoms with Crippen LogP contribution in [-0.4, -0.2) is 44.7 Å². The Morgan fingerprint density at radius 3 is 1.33 bits per heavy atom. The largest absolute Gasteiger partial charge is 0.508 e. The first kappa shape index (κ1) is 28.2. The van der Waals surface area contributed by atoms with E-state index in [0.717, 1.165) is 51.4 Å². The summed E-state index contributed by atoms with van der Waals surface area (Å²) in [6.07, 6.45) is 11.1. The zero-order valence-electron chi connectivity index (χ0n) is 20.2. The second kappa shape index (κ2) is 15.8. The highest BCUT2D eigenvalue weighted by Crippen LogP contribution is 2.21. The van der Waals surface area contributed by atoms with Crippen LogP contribution in [0.2, 0.25) is 0 Å². The van der Waals surface area contributed by atoms with Crippen LogP contribution in [0.25, 0.3) is 0 Å². The third-order valence-electron chi connectivity index (χ3n) is 5.37. The van der Waals surface area contributed by atoms with Crippen molar-refractivity contribution in [3.05, 3.63) is 47.5 Å². The molecular weight excluding hydrogens is 464 g/mol. The van der Waals surface area contributed by atoms with Crippen LogP contribution in [0.3, 0.4) is 0 Å². The van der Waals surface area contributed by atoms with Gasteiger partial charge in [0, 0.05) is 36.1 Å². The smallest absolute Gasteiger partial charge is 0.240 e. The van der Waals surface area contributed by atoms with Gasteiger partial charge in [0.25, 0.3) is 0 Å². The molecule has 0 atom stereocenters. The number of nitrogens with zero attached hydrogens (tertiary/aromatic N) is 2. The lowest BCUT2D eigenvalue weighted by atomic mass is 10.1. The molecule has 2 amide bonds. The molecule has 0 fully saturated rings. The molecule has 2 aromatic rings. The molecule has 0 heterocycles. The van der Waals surface area contributed by atoms with E-state index in [1.807, 2.05) is 0 Å². The highest BCUT2D eigenvalue weighted by Gasteiger charge is 2.03. The van der Waals surface area contributed by atoms with Gasteiger partial charge in [-0.2, -0.15) is 10.2 Å². The number of phenolic OH excluding ortho intramolecular Hbond substituents is 4. The molecule has 0 aliphatic rings. The molecule has 2 aromatic carbocycles. The van der Waals surface area contributed by atoms with E-state index in [1.54, 1.807) is 0 Å². The number of carbonyl (C=O) groups excluding carboxylic acids is 2. The highest BCUT2D eigenvalue weighted by atomic mass is 16.3. The van der Waals surface area contributed by atoms with Gasteiger partial charge < -0.3 is 20.4 Å². The van der Waals surface area contributed by atoms with Gasteiger partial charge in [-0.15, -0.1) is 0 Å². The Labute approximate surface area is 210 Å². The number of benzene rings is 2. The first-order chi connectivity index (χ1) is 17.3. The summed E-state index contributed by atoms with van der Waals surface area (Å²) in [7, 11) is 0. The van der Waals surface area contributed by atoms with Crippen molar-refractivity contribution in [2.45, 2.75) is 64.2 Å². The van der Waals surface area contributed by atoms with Gasteiger partial charge in [-0.05, 0) is 37.1 Å². The van der Waals surface area contributed by atoms with E-state index in [0.29, 0.717) is 24.0 Å². The Hall–Kier alpha value is -4.08. The predicted molar refractivity (Wildman–Crippen MR) is 137 cm³/mol. The minimum atomic E-state index is -0.188. The van der Waals surface area contributed by atoms with Crippen molar-refractivity contribution in [3.63, 3.8) is 0 Å². The van der Waals surface area contributed by atoms with Crippen LogP contribution in [0, 0.1) is 0 Å². The highest BCUT2D eigenvalue weighted by molar-refractivity contribution is 5.86. The minimum absolute atomic E-state index is 0.0475. The second-order valence-corrected chi connectivity index (χ2v) is 8.40. The number of hydrogen-bond donors (Lipinski definition) is 6. The fraction of sp³-hybridized carbons (Fsp3) is 0.385. The van der Waals surface area contributed by atoms with Gasteiger partial charge in [-0.25, -0.2) is 10.9 Å². The maximum absolute atomic E-state index is 11.8. The van der Waals surface area contributed by atoms with E-state index in [1.165, 1.54) is 48.8 Å². The number of nitrogens with one attached hydrogen (secondary N) is 2. The van der Waals surface area contributed by atoms with E-state index in [9.17, 15) is 30.0 Å². The third kappa shape index (κ3) is 11.4. The van der Waals surface area contributed by atoms with Crippen molar-refractivity contribution in [1.29, 1.82) is 0 Å². The number of hydrogen-bond acceptors (Lipinski definition) is 8. The number of amides is 2. The second-order valence-electron chi connectivity index (χ2n) is 8.40. The maximum atomic E-state index is 11.8. The van der Waals surface area contributed by atoms with E-state index in [2.05, 4.69) is 21.1 Å². The molecule has 194 valence electrons. The lowest BCUT2D eigenvalue weighted by molar-refractivity contribution is -0.122. The van der Waals surface area contributed by atoms with Crippen LogP contribution in [0.1, 0.15) is 75.3 Å². The van der Waals surface area contributed by atoms with Crippen LogP contribution in [0.4, 0.5) is 0 Å². The summed E-state index contributed by atoms with van der Waals surface area (Å²) < 4.78 is 0. The Bertz CT molecular complexity index is 971. The number of rotatable bonds is 15. The Kier molecular flexibility index (Phi) is 12.3. The molecule has 36 heavy (non-hydrogen) atoms. The van der Waals surface area contributed by atoms with Gasteiger partial charge in [0.1, 0.15) is 23.0 Å². The predicted octanol–water partition coefficient (Wildman–Crippen LogP) is 4.01. The average Bonchev–Trinajstić information content (AvgIpc) is 2.83.